The maximum Gasteiger partial charge on any atom is 0.306 e. The van der Waals surface area contributed by atoms with E-state index < -0.39 is 5.67 Å². The van der Waals surface area contributed by atoms with Crippen LogP contribution in [0.5, 0.6) is 0 Å². The molecule has 0 aromatic carbocycles. The van der Waals surface area contributed by atoms with E-state index in [9.17, 15) is 4.79 Å². The molecule has 7 nitrogen and oxygen atoms in total. The molecular weight excluding hydrogens is 497 g/mol. The fourth-order valence-electron chi connectivity index (χ4n) is 5.61. The molecule has 0 amide bonds. The van der Waals surface area contributed by atoms with E-state index in [1.165, 1.54) is 12.7 Å². The third-order valence-corrected chi connectivity index (χ3v) is 7.93. The Kier molecular flexibility index (Phi) is 10.6. The third-order valence-electron chi connectivity index (χ3n) is 7.93. The lowest BCUT2D eigenvalue weighted by Crippen LogP contribution is -2.34. The fraction of sp³-hybridized carbons (Fsp3) is 0.613. The van der Waals surface area contributed by atoms with Gasteiger partial charge in [0.15, 0.2) is 0 Å². The highest BCUT2D eigenvalue weighted by atomic mass is 19.1. The average molecular weight is 542 g/mol. The summed E-state index contributed by atoms with van der Waals surface area (Å²) in [6.07, 6.45) is 11.7. The molecule has 0 unspecified atom stereocenters. The molecule has 214 valence electrons. The number of anilines is 1. The van der Waals surface area contributed by atoms with E-state index in [-0.39, 0.29) is 24.4 Å². The summed E-state index contributed by atoms with van der Waals surface area (Å²) in [4.78, 5) is 19.1. The highest BCUT2D eigenvalue weighted by Crippen LogP contribution is 2.33. The summed E-state index contributed by atoms with van der Waals surface area (Å²) in [5.74, 6) is 1.12. The first-order chi connectivity index (χ1) is 18.9. The van der Waals surface area contributed by atoms with Gasteiger partial charge in [-0.1, -0.05) is 18.7 Å². The van der Waals surface area contributed by atoms with Crippen LogP contribution in [0.25, 0.3) is 0 Å². The van der Waals surface area contributed by atoms with Gasteiger partial charge in [0.2, 0.25) is 0 Å². The van der Waals surface area contributed by atoms with Crippen LogP contribution in [0.4, 0.5) is 10.2 Å². The van der Waals surface area contributed by atoms with Crippen LogP contribution in [-0.4, -0.2) is 74.1 Å². The summed E-state index contributed by atoms with van der Waals surface area (Å²) in [7, 11) is 1.39. The van der Waals surface area contributed by atoms with E-state index in [1.807, 2.05) is 31.2 Å². The van der Waals surface area contributed by atoms with Gasteiger partial charge in [-0.05, 0) is 81.2 Å². The lowest BCUT2D eigenvalue weighted by molar-refractivity contribution is -0.141. The van der Waals surface area contributed by atoms with Crippen molar-refractivity contribution in [3.8, 4) is 0 Å². The zero-order chi connectivity index (χ0) is 27.7. The minimum absolute atomic E-state index is 0.104. The van der Waals surface area contributed by atoms with Crippen molar-refractivity contribution in [1.29, 1.82) is 0 Å². The van der Waals surface area contributed by atoms with Gasteiger partial charge in [0, 0.05) is 44.4 Å². The van der Waals surface area contributed by atoms with Crippen molar-refractivity contribution in [2.24, 2.45) is 5.92 Å². The molecule has 3 atom stereocenters. The van der Waals surface area contributed by atoms with Gasteiger partial charge in [0.05, 0.1) is 19.6 Å². The molecule has 2 fully saturated rings. The predicted octanol–water partition coefficient (Wildman–Crippen LogP) is 5.18. The number of aryl methyl sites for hydroxylation is 2. The second-order valence-corrected chi connectivity index (χ2v) is 11.0. The van der Waals surface area contributed by atoms with Gasteiger partial charge in [-0.15, -0.1) is 0 Å². The largest absolute Gasteiger partial charge is 0.491 e. The van der Waals surface area contributed by atoms with Crippen LogP contribution in [0.1, 0.15) is 56.7 Å². The number of halogens is 1. The van der Waals surface area contributed by atoms with Gasteiger partial charge in [-0.2, -0.15) is 0 Å². The van der Waals surface area contributed by atoms with E-state index in [1.54, 1.807) is 0 Å². The number of carbonyl (C=O) groups excluding carboxylic acids is 1. The second-order valence-electron chi connectivity index (χ2n) is 11.0. The van der Waals surface area contributed by atoms with Crippen molar-refractivity contribution < 1.29 is 23.4 Å². The van der Waals surface area contributed by atoms with Crippen molar-refractivity contribution in [3.05, 3.63) is 59.5 Å². The van der Waals surface area contributed by atoms with Gasteiger partial charge >= 0.3 is 5.97 Å². The summed E-state index contributed by atoms with van der Waals surface area (Å²) in [5, 5.41) is 3.36. The van der Waals surface area contributed by atoms with Crippen LogP contribution < -0.4 is 5.32 Å². The van der Waals surface area contributed by atoms with Crippen molar-refractivity contribution >= 4 is 11.8 Å². The Morgan fingerprint density at radius 3 is 3.05 bits per heavy atom. The Bertz CT molecular complexity index is 1050. The van der Waals surface area contributed by atoms with Crippen molar-refractivity contribution in [1.82, 2.24) is 9.88 Å². The number of rotatable bonds is 13. The maximum atomic E-state index is 15.9. The Balaban J connectivity index is 1.35. The van der Waals surface area contributed by atoms with Crippen molar-refractivity contribution in [2.45, 2.75) is 70.1 Å². The number of aromatic nitrogens is 1. The first-order valence-electron chi connectivity index (χ1n) is 14.4. The number of hydrogen-bond donors (Lipinski definition) is 1. The summed E-state index contributed by atoms with van der Waals surface area (Å²) in [5.41, 5.74) is 1.66. The van der Waals surface area contributed by atoms with Crippen LogP contribution in [0.15, 0.2) is 48.3 Å². The minimum Gasteiger partial charge on any atom is -0.491 e. The highest BCUT2D eigenvalue weighted by molar-refractivity contribution is 5.70. The Morgan fingerprint density at radius 1 is 1.41 bits per heavy atom. The summed E-state index contributed by atoms with van der Waals surface area (Å²) in [6, 6.07) is 4.16. The number of nitrogens with zero attached hydrogens (tertiary/aromatic N) is 2. The number of fused-ring (bicyclic) bond motifs is 1. The van der Waals surface area contributed by atoms with Gasteiger partial charge in [0.25, 0.3) is 0 Å². The van der Waals surface area contributed by atoms with E-state index in [2.05, 4.69) is 22.9 Å². The fourth-order valence-corrected chi connectivity index (χ4v) is 5.61. The van der Waals surface area contributed by atoms with Gasteiger partial charge in [-0.3, -0.25) is 9.69 Å². The molecule has 0 bridgehead atoms. The quantitative estimate of drug-likeness (QED) is 0.210. The molecule has 0 saturated carbocycles. The maximum absolute atomic E-state index is 15.9. The number of methoxy groups -OCH3 is 1. The van der Waals surface area contributed by atoms with Crippen molar-refractivity contribution in [2.75, 3.05) is 51.8 Å². The molecule has 4 rings (SSSR count). The molecule has 2 saturated heterocycles. The van der Waals surface area contributed by atoms with Crippen LogP contribution in [-0.2, 0) is 31.8 Å². The summed E-state index contributed by atoms with van der Waals surface area (Å²) in [6.45, 7) is 9.91. The molecule has 3 aliphatic rings. The highest BCUT2D eigenvalue weighted by Gasteiger charge is 2.39. The van der Waals surface area contributed by atoms with Crippen LogP contribution >= 0.6 is 0 Å². The molecular formula is C31H44FN3O4. The zero-order valence-corrected chi connectivity index (χ0v) is 23.6. The molecule has 0 spiro atoms. The molecule has 1 aromatic heterocycles. The molecule has 0 aliphatic carbocycles. The van der Waals surface area contributed by atoms with Crippen LogP contribution in [0, 0.1) is 5.92 Å². The molecule has 39 heavy (non-hydrogen) atoms. The number of alkyl halides is 1. The predicted molar refractivity (Wildman–Crippen MR) is 151 cm³/mol. The lowest BCUT2D eigenvalue weighted by atomic mass is 9.94. The molecule has 3 aliphatic heterocycles. The summed E-state index contributed by atoms with van der Waals surface area (Å²) >= 11 is 0. The number of likely N-dealkylation sites (tertiary alicyclic amines) is 1. The number of hydrogen-bond acceptors (Lipinski definition) is 7. The lowest BCUT2D eigenvalue weighted by Gasteiger charge is -2.26. The number of ether oxygens (including phenoxy) is 3. The topological polar surface area (TPSA) is 72.9 Å². The normalized spacial score (nSPS) is 24.4. The molecule has 8 heteroatoms. The average Bonchev–Trinajstić information content (AvgIpc) is 3.60. The van der Waals surface area contributed by atoms with E-state index in [0.29, 0.717) is 51.3 Å². The third kappa shape index (κ3) is 8.64. The second kappa shape index (κ2) is 14.1. The first-order valence-corrected chi connectivity index (χ1v) is 14.4. The summed E-state index contributed by atoms with van der Waals surface area (Å²) < 4.78 is 32.5. The first kappa shape index (κ1) is 29.3. The number of nitrogens with one attached hydrogen (secondary N) is 1. The molecule has 1 N–H and O–H groups in total. The molecule has 1 aromatic rings. The van der Waals surface area contributed by atoms with Gasteiger partial charge in [-0.25, -0.2) is 9.37 Å². The number of esters is 1. The Morgan fingerprint density at radius 2 is 2.28 bits per heavy atom. The van der Waals surface area contributed by atoms with E-state index in [4.69, 9.17) is 19.2 Å². The van der Waals surface area contributed by atoms with Crippen LogP contribution in [0.3, 0.4) is 0 Å². The Hall–Kier alpha value is -2.71. The van der Waals surface area contributed by atoms with E-state index >= 15 is 4.39 Å². The van der Waals surface area contributed by atoms with Crippen molar-refractivity contribution in [3.63, 3.8) is 0 Å². The van der Waals surface area contributed by atoms with Crippen LogP contribution in [0.2, 0.25) is 0 Å². The van der Waals surface area contributed by atoms with Gasteiger partial charge < -0.3 is 19.5 Å². The zero-order valence-electron chi connectivity index (χ0n) is 23.6. The number of pyridine rings is 1. The monoisotopic (exact) mass is 541 g/mol. The smallest absolute Gasteiger partial charge is 0.306 e. The van der Waals surface area contributed by atoms with Gasteiger partial charge in [0.1, 0.15) is 23.9 Å². The minimum atomic E-state index is -1.28. The molecule has 0 radical (unpaired) electrons. The van der Waals surface area contributed by atoms with E-state index in [0.717, 1.165) is 55.9 Å². The SMILES string of the molecule is C=C(/C=C(\C=C/C)OC[C@H]1CCCO1)[C@H](CC(=O)OC)CN1CC[C@@](F)(CCc2ccc3c(n2)NCCC3)C1. The standard InChI is InChI=1S/C31H44FN3O4/c1-4-7-27(39-21-28-9-6-17-38-28)18-23(2)25(19-29(36)37-3)20-35-16-14-31(32,22-35)13-12-26-11-10-24-8-5-15-33-30(24)34-26/h4,7,10-11,18,25,28H,2,5-6,8-9,12-17,19-22H2,1,3H3,(H,33,34)/b7-4-,27-18+/t25-,28-,31+/m1/s1. The Labute approximate surface area is 232 Å². The number of carbonyl (C=O) groups is 1. The number of allylic oxidation sites excluding steroid dienone is 3. The molecule has 4 heterocycles.